The lowest BCUT2D eigenvalue weighted by Gasteiger charge is -2.32. The van der Waals surface area contributed by atoms with Crippen molar-refractivity contribution in [3.8, 4) is 0 Å². The Balaban J connectivity index is 1.66. The minimum atomic E-state index is -1.32. The highest BCUT2D eigenvalue weighted by atomic mass is 16.7. The van der Waals surface area contributed by atoms with Gasteiger partial charge in [0.2, 0.25) is 11.8 Å². The molecule has 3 amide bonds. The van der Waals surface area contributed by atoms with Gasteiger partial charge in [0.25, 0.3) is 0 Å². The molecule has 2 aliphatic heterocycles. The summed E-state index contributed by atoms with van der Waals surface area (Å²) in [6, 6.07) is 8.98. The molecule has 1 aromatic carbocycles. The van der Waals surface area contributed by atoms with E-state index in [1.807, 2.05) is 45.9 Å². The van der Waals surface area contributed by atoms with Crippen molar-refractivity contribution in [1.29, 1.82) is 0 Å². The molecule has 2 atom stereocenters. The SMILES string of the molecule is CC1(C)OB([C@H](CCCc2ccccc2)NC(=O)[C@@H](CCC(=O)N2CCOCC2)NC(=O)O)OC1(C)C. The van der Waals surface area contributed by atoms with Gasteiger partial charge in [-0.1, -0.05) is 30.3 Å². The summed E-state index contributed by atoms with van der Waals surface area (Å²) < 4.78 is 17.7. The van der Waals surface area contributed by atoms with E-state index in [-0.39, 0.29) is 18.7 Å². The molecule has 1 aromatic rings. The number of aryl methyl sites for hydroxylation is 1. The molecule has 11 heteroatoms. The van der Waals surface area contributed by atoms with Crippen LogP contribution in [-0.4, -0.2) is 84.5 Å². The Kier molecular flexibility index (Phi) is 9.97. The molecule has 204 valence electrons. The number of carboxylic acid groups (broad SMARTS) is 1. The Hall–Kier alpha value is -2.63. The van der Waals surface area contributed by atoms with Crippen LogP contribution in [0.5, 0.6) is 0 Å². The van der Waals surface area contributed by atoms with Gasteiger partial charge in [-0.15, -0.1) is 0 Å². The molecule has 0 aromatic heterocycles. The van der Waals surface area contributed by atoms with E-state index >= 15 is 0 Å². The number of carbonyl (C=O) groups excluding carboxylic acids is 2. The van der Waals surface area contributed by atoms with E-state index in [0.29, 0.717) is 32.7 Å². The fraction of sp³-hybridized carbons (Fsp3) is 0.654. The highest BCUT2D eigenvalue weighted by Gasteiger charge is 2.54. The number of hydrogen-bond acceptors (Lipinski definition) is 6. The molecule has 37 heavy (non-hydrogen) atoms. The van der Waals surface area contributed by atoms with Crippen LogP contribution in [0.3, 0.4) is 0 Å². The first kappa shape index (κ1) is 28.9. The molecule has 10 nitrogen and oxygen atoms in total. The maximum atomic E-state index is 13.3. The van der Waals surface area contributed by atoms with Crippen molar-refractivity contribution >= 4 is 25.0 Å². The molecule has 3 rings (SSSR count). The average molecular weight is 517 g/mol. The molecule has 0 radical (unpaired) electrons. The number of hydrogen-bond donors (Lipinski definition) is 3. The van der Waals surface area contributed by atoms with E-state index in [1.54, 1.807) is 4.90 Å². The summed E-state index contributed by atoms with van der Waals surface area (Å²) in [4.78, 5) is 39.0. The fourth-order valence-corrected chi connectivity index (χ4v) is 4.44. The van der Waals surface area contributed by atoms with Crippen molar-refractivity contribution in [3.63, 3.8) is 0 Å². The van der Waals surface area contributed by atoms with Crippen LogP contribution < -0.4 is 10.6 Å². The van der Waals surface area contributed by atoms with Crippen LogP contribution in [0.1, 0.15) is 58.9 Å². The molecule has 0 unspecified atom stereocenters. The zero-order valence-corrected chi connectivity index (χ0v) is 22.3. The van der Waals surface area contributed by atoms with Crippen molar-refractivity contribution in [1.82, 2.24) is 15.5 Å². The second-order valence-electron chi connectivity index (χ2n) is 10.7. The zero-order chi connectivity index (χ0) is 27.1. The molecule has 2 fully saturated rings. The lowest BCUT2D eigenvalue weighted by molar-refractivity contribution is -0.135. The monoisotopic (exact) mass is 517 g/mol. The Morgan fingerprint density at radius 2 is 1.62 bits per heavy atom. The number of nitrogens with zero attached hydrogens (tertiary/aromatic N) is 1. The Morgan fingerprint density at radius 1 is 1.00 bits per heavy atom. The smallest absolute Gasteiger partial charge is 0.465 e. The van der Waals surface area contributed by atoms with Crippen LogP contribution in [0.4, 0.5) is 4.79 Å². The van der Waals surface area contributed by atoms with Gasteiger partial charge in [0.15, 0.2) is 0 Å². The van der Waals surface area contributed by atoms with Crippen LogP contribution in [0, 0.1) is 0 Å². The van der Waals surface area contributed by atoms with E-state index in [1.165, 1.54) is 5.56 Å². The van der Waals surface area contributed by atoms with Gasteiger partial charge in [-0.25, -0.2) is 4.79 Å². The molecule has 2 heterocycles. The number of benzene rings is 1. The molecule has 2 saturated heterocycles. The van der Waals surface area contributed by atoms with E-state index in [4.69, 9.17) is 14.0 Å². The molecule has 3 N–H and O–H groups in total. The molecule has 0 spiro atoms. The maximum Gasteiger partial charge on any atom is 0.481 e. The summed E-state index contributed by atoms with van der Waals surface area (Å²) in [5.74, 6) is -1.12. The van der Waals surface area contributed by atoms with Crippen LogP contribution in [0.2, 0.25) is 0 Å². The maximum absolute atomic E-state index is 13.3. The molecule has 0 saturated carbocycles. The summed E-state index contributed by atoms with van der Waals surface area (Å²) in [6.45, 7) is 9.72. The normalized spacial score (nSPS) is 20.2. The topological polar surface area (TPSA) is 126 Å². The van der Waals surface area contributed by atoms with Gasteiger partial charge >= 0.3 is 13.2 Å². The average Bonchev–Trinajstić information content (AvgIpc) is 3.08. The van der Waals surface area contributed by atoms with E-state index in [2.05, 4.69) is 22.8 Å². The zero-order valence-electron chi connectivity index (χ0n) is 22.3. The largest absolute Gasteiger partial charge is 0.481 e. The van der Waals surface area contributed by atoms with E-state index in [9.17, 15) is 19.5 Å². The van der Waals surface area contributed by atoms with Crippen LogP contribution in [0.15, 0.2) is 30.3 Å². The number of carbonyl (C=O) groups is 3. The summed E-state index contributed by atoms with van der Waals surface area (Å²) in [5, 5.41) is 14.6. The fourth-order valence-electron chi connectivity index (χ4n) is 4.44. The van der Waals surface area contributed by atoms with Crippen molar-refractivity contribution in [3.05, 3.63) is 35.9 Å². The number of rotatable bonds is 11. The molecule has 0 bridgehead atoms. The first-order chi connectivity index (χ1) is 17.5. The molecule has 2 aliphatic rings. The second-order valence-corrected chi connectivity index (χ2v) is 10.7. The third kappa shape index (κ3) is 8.18. The number of amides is 3. The predicted octanol–water partition coefficient (Wildman–Crippen LogP) is 2.40. The standard InChI is InChI=1S/C26H40BN3O7/c1-25(2)26(3,4)37-27(36-25)21(12-8-11-19-9-6-5-7-10-19)29-23(32)20(28-24(33)34)13-14-22(31)30-15-17-35-18-16-30/h5-7,9-10,20-21,28H,8,11-18H2,1-4H3,(H,29,32)(H,33,34)/t20-,21+/m1/s1. The summed E-state index contributed by atoms with van der Waals surface area (Å²) >= 11 is 0. The van der Waals surface area contributed by atoms with Crippen LogP contribution in [-0.2, 0) is 30.1 Å². The Morgan fingerprint density at radius 3 is 2.22 bits per heavy atom. The lowest BCUT2D eigenvalue weighted by atomic mass is 9.75. The van der Waals surface area contributed by atoms with Crippen molar-refractivity contribution in [2.24, 2.45) is 0 Å². The second kappa shape index (κ2) is 12.8. The number of nitrogens with one attached hydrogen (secondary N) is 2. The summed E-state index contributed by atoms with van der Waals surface area (Å²) in [5.41, 5.74) is 0.0285. The highest BCUT2D eigenvalue weighted by molar-refractivity contribution is 6.48. The van der Waals surface area contributed by atoms with Gasteiger partial charge in [0.05, 0.1) is 30.4 Å². The van der Waals surface area contributed by atoms with Crippen molar-refractivity contribution in [2.45, 2.75) is 83.0 Å². The van der Waals surface area contributed by atoms with Crippen LogP contribution >= 0.6 is 0 Å². The first-order valence-electron chi connectivity index (χ1n) is 13.0. The Bertz CT molecular complexity index is 906. The third-order valence-corrected chi connectivity index (χ3v) is 7.38. The van der Waals surface area contributed by atoms with E-state index < -0.39 is 42.3 Å². The van der Waals surface area contributed by atoms with Gasteiger partial charge in [-0.3, -0.25) is 9.59 Å². The van der Waals surface area contributed by atoms with Gasteiger partial charge in [0, 0.05) is 19.5 Å². The molecular formula is C26H40BN3O7. The summed E-state index contributed by atoms with van der Waals surface area (Å²) in [7, 11) is -0.690. The van der Waals surface area contributed by atoms with Crippen LogP contribution in [0.25, 0.3) is 0 Å². The minimum Gasteiger partial charge on any atom is -0.465 e. The van der Waals surface area contributed by atoms with Crippen molar-refractivity contribution in [2.75, 3.05) is 26.3 Å². The first-order valence-corrected chi connectivity index (χ1v) is 13.0. The van der Waals surface area contributed by atoms with Gasteiger partial charge in [-0.2, -0.15) is 0 Å². The number of ether oxygens (including phenoxy) is 1. The predicted molar refractivity (Wildman–Crippen MR) is 139 cm³/mol. The highest BCUT2D eigenvalue weighted by Crippen LogP contribution is 2.38. The summed E-state index contributed by atoms with van der Waals surface area (Å²) in [6.07, 6.45) is 0.935. The number of morpholine rings is 1. The lowest BCUT2D eigenvalue weighted by Crippen LogP contribution is -2.54. The quantitative estimate of drug-likeness (QED) is 0.385. The van der Waals surface area contributed by atoms with E-state index in [0.717, 1.165) is 12.8 Å². The molecular weight excluding hydrogens is 477 g/mol. The van der Waals surface area contributed by atoms with Gasteiger partial charge in [0.1, 0.15) is 6.04 Å². The third-order valence-electron chi connectivity index (χ3n) is 7.38. The minimum absolute atomic E-state index is 0.0491. The Labute approximate surface area is 219 Å². The van der Waals surface area contributed by atoms with Gasteiger partial charge in [-0.05, 0) is 58.9 Å². The van der Waals surface area contributed by atoms with Gasteiger partial charge < -0.3 is 34.7 Å². The molecule has 0 aliphatic carbocycles. The van der Waals surface area contributed by atoms with Crippen molar-refractivity contribution < 1.29 is 33.5 Å².